The standard InChI is InChI=1S/C23H17ClN6OS/c1-13-5-6-17(29-23(31)14-3-2-4-16(24)7-14)8-19(13)30-10-15(9-28-30)18-11-32-21-20(18)26-12-27-22(21)25/h2-12H,1H3,(H,29,31)(H2,25,26,27). The van der Waals surface area contributed by atoms with E-state index >= 15 is 0 Å². The molecule has 32 heavy (non-hydrogen) atoms. The molecular weight excluding hydrogens is 444 g/mol. The molecule has 0 aliphatic rings. The van der Waals surface area contributed by atoms with Crippen LogP contribution in [0.2, 0.25) is 5.02 Å². The molecule has 5 rings (SSSR count). The van der Waals surface area contributed by atoms with Crippen molar-refractivity contribution in [1.82, 2.24) is 19.7 Å². The van der Waals surface area contributed by atoms with E-state index < -0.39 is 0 Å². The number of halogens is 1. The van der Waals surface area contributed by atoms with Crippen molar-refractivity contribution in [1.29, 1.82) is 0 Å². The van der Waals surface area contributed by atoms with Gasteiger partial charge in [0.1, 0.15) is 12.1 Å². The Morgan fingerprint density at radius 3 is 2.91 bits per heavy atom. The molecule has 3 heterocycles. The Morgan fingerprint density at radius 2 is 2.06 bits per heavy atom. The molecule has 7 nitrogen and oxygen atoms in total. The Morgan fingerprint density at radius 1 is 1.19 bits per heavy atom. The largest absolute Gasteiger partial charge is 0.382 e. The van der Waals surface area contributed by atoms with E-state index in [2.05, 4.69) is 20.4 Å². The van der Waals surface area contributed by atoms with Gasteiger partial charge in [0.15, 0.2) is 0 Å². The Hall–Kier alpha value is -3.75. The van der Waals surface area contributed by atoms with E-state index in [0.717, 1.165) is 32.6 Å². The van der Waals surface area contributed by atoms with Crippen LogP contribution in [0.3, 0.4) is 0 Å². The Bertz CT molecular complexity index is 1470. The zero-order valence-electron chi connectivity index (χ0n) is 16.9. The van der Waals surface area contributed by atoms with Crippen LogP contribution >= 0.6 is 22.9 Å². The maximum absolute atomic E-state index is 12.6. The van der Waals surface area contributed by atoms with E-state index in [0.29, 0.717) is 22.1 Å². The van der Waals surface area contributed by atoms with Gasteiger partial charge in [-0.05, 0) is 42.8 Å². The predicted molar refractivity (Wildman–Crippen MR) is 129 cm³/mol. The van der Waals surface area contributed by atoms with Crippen LogP contribution < -0.4 is 11.1 Å². The summed E-state index contributed by atoms with van der Waals surface area (Å²) in [7, 11) is 0. The summed E-state index contributed by atoms with van der Waals surface area (Å²) in [5.41, 5.74) is 11.7. The average Bonchev–Trinajstić information content (AvgIpc) is 3.43. The lowest BCUT2D eigenvalue weighted by Gasteiger charge is -2.10. The van der Waals surface area contributed by atoms with Crippen molar-refractivity contribution in [3.8, 4) is 16.8 Å². The zero-order chi connectivity index (χ0) is 22.2. The first-order valence-electron chi connectivity index (χ1n) is 9.70. The van der Waals surface area contributed by atoms with E-state index in [1.54, 1.807) is 35.1 Å². The topological polar surface area (TPSA) is 98.7 Å². The molecule has 0 spiro atoms. The number of nitrogens with zero attached hydrogens (tertiary/aromatic N) is 4. The summed E-state index contributed by atoms with van der Waals surface area (Å²) in [5.74, 6) is 0.239. The molecule has 0 atom stereocenters. The molecule has 3 N–H and O–H groups in total. The fraction of sp³-hybridized carbons (Fsp3) is 0.0435. The molecule has 3 aromatic heterocycles. The van der Waals surface area contributed by atoms with E-state index in [-0.39, 0.29) is 5.91 Å². The number of nitrogens with two attached hydrogens (primary N) is 1. The smallest absolute Gasteiger partial charge is 0.255 e. The molecule has 5 aromatic rings. The minimum Gasteiger partial charge on any atom is -0.382 e. The summed E-state index contributed by atoms with van der Waals surface area (Å²) in [6, 6.07) is 12.5. The van der Waals surface area contributed by atoms with E-state index in [1.807, 2.05) is 36.7 Å². The van der Waals surface area contributed by atoms with E-state index in [9.17, 15) is 4.79 Å². The molecule has 9 heteroatoms. The van der Waals surface area contributed by atoms with Crippen molar-refractivity contribution >= 4 is 50.6 Å². The van der Waals surface area contributed by atoms with Crippen LogP contribution in [0.15, 0.2) is 66.6 Å². The van der Waals surface area contributed by atoms with Crippen molar-refractivity contribution in [3.63, 3.8) is 0 Å². The summed E-state index contributed by atoms with van der Waals surface area (Å²) in [6.45, 7) is 1.99. The van der Waals surface area contributed by atoms with Crippen molar-refractivity contribution in [2.24, 2.45) is 0 Å². The lowest BCUT2D eigenvalue weighted by Crippen LogP contribution is -2.12. The van der Waals surface area contributed by atoms with Gasteiger partial charge in [-0.2, -0.15) is 5.10 Å². The maximum Gasteiger partial charge on any atom is 0.255 e. The van der Waals surface area contributed by atoms with Crippen molar-refractivity contribution in [3.05, 3.63) is 82.7 Å². The second-order valence-electron chi connectivity index (χ2n) is 7.23. The quantitative estimate of drug-likeness (QED) is 0.377. The molecule has 0 fully saturated rings. The Kier molecular flexibility index (Phi) is 5.08. The van der Waals surface area contributed by atoms with Crippen LogP contribution in [-0.2, 0) is 0 Å². The van der Waals surface area contributed by atoms with Gasteiger partial charge in [-0.3, -0.25) is 4.79 Å². The van der Waals surface area contributed by atoms with E-state index in [4.69, 9.17) is 17.3 Å². The Balaban J connectivity index is 1.46. The van der Waals surface area contributed by atoms with Gasteiger partial charge in [0, 0.05) is 39.0 Å². The SMILES string of the molecule is Cc1ccc(NC(=O)c2cccc(Cl)c2)cc1-n1cc(-c2csc3c(N)ncnc23)cn1. The number of benzene rings is 2. The van der Waals surface area contributed by atoms with Gasteiger partial charge in [-0.25, -0.2) is 14.6 Å². The third kappa shape index (κ3) is 3.70. The number of thiophene rings is 1. The molecule has 0 radical (unpaired) electrons. The minimum atomic E-state index is -0.231. The monoisotopic (exact) mass is 460 g/mol. The second-order valence-corrected chi connectivity index (χ2v) is 8.54. The normalized spacial score (nSPS) is 11.1. The second kappa shape index (κ2) is 8.07. The number of nitrogens with one attached hydrogen (secondary N) is 1. The number of fused-ring (bicyclic) bond motifs is 1. The van der Waals surface area contributed by atoms with Gasteiger partial charge in [-0.15, -0.1) is 11.3 Å². The summed E-state index contributed by atoms with van der Waals surface area (Å²) in [6.07, 6.45) is 5.19. The highest BCUT2D eigenvalue weighted by Crippen LogP contribution is 2.35. The first-order chi connectivity index (χ1) is 15.5. The van der Waals surface area contributed by atoms with Crippen LogP contribution in [0.4, 0.5) is 11.5 Å². The van der Waals surface area contributed by atoms with E-state index in [1.165, 1.54) is 17.7 Å². The fourth-order valence-electron chi connectivity index (χ4n) is 3.43. The zero-order valence-corrected chi connectivity index (χ0v) is 18.5. The number of carbonyl (C=O) groups is 1. The molecular formula is C23H17ClN6OS. The third-order valence-corrected chi connectivity index (χ3v) is 6.30. The molecule has 0 aliphatic heterocycles. The number of hydrogen-bond acceptors (Lipinski definition) is 6. The number of anilines is 2. The first kappa shape index (κ1) is 20.2. The van der Waals surface area contributed by atoms with Crippen LogP contribution in [0, 0.1) is 6.92 Å². The van der Waals surface area contributed by atoms with Crippen molar-refractivity contribution in [2.75, 3.05) is 11.1 Å². The van der Waals surface area contributed by atoms with Crippen LogP contribution in [0.1, 0.15) is 15.9 Å². The van der Waals surface area contributed by atoms with Gasteiger partial charge in [0.2, 0.25) is 0 Å². The molecule has 2 aromatic carbocycles. The fourth-order valence-corrected chi connectivity index (χ4v) is 4.56. The number of amides is 1. The van der Waals surface area contributed by atoms with Crippen LogP contribution in [-0.4, -0.2) is 25.7 Å². The van der Waals surface area contributed by atoms with Gasteiger partial charge in [-0.1, -0.05) is 23.7 Å². The lowest BCUT2D eigenvalue weighted by molar-refractivity contribution is 0.102. The summed E-state index contributed by atoms with van der Waals surface area (Å²) < 4.78 is 2.64. The highest BCUT2D eigenvalue weighted by Gasteiger charge is 2.14. The summed E-state index contributed by atoms with van der Waals surface area (Å²) in [4.78, 5) is 21.0. The summed E-state index contributed by atoms with van der Waals surface area (Å²) >= 11 is 7.51. The van der Waals surface area contributed by atoms with Gasteiger partial charge >= 0.3 is 0 Å². The third-order valence-electron chi connectivity index (χ3n) is 5.08. The number of rotatable bonds is 4. The highest BCUT2D eigenvalue weighted by atomic mass is 35.5. The summed E-state index contributed by atoms with van der Waals surface area (Å²) in [5, 5.41) is 9.98. The number of hydrogen-bond donors (Lipinski definition) is 2. The highest BCUT2D eigenvalue weighted by molar-refractivity contribution is 7.18. The number of aryl methyl sites for hydroxylation is 1. The maximum atomic E-state index is 12.6. The predicted octanol–water partition coefficient (Wildman–Crippen LogP) is 5.34. The molecule has 0 aliphatic carbocycles. The van der Waals surface area contributed by atoms with Gasteiger partial charge < -0.3 is 11.1 Å². The van der Waals surface area contributed by atoms with Gasteiger partial charge in [0.05, 0.1) is 22.1 Å². The molecule has 0 saturated carbocycles. The van der Waals surface area contributed by atoms with Crippen LogP contribution in [0.25, 0.3) is 27.0 Å². The molecule has 1 amide bonds. The molecule has 158 valence electrons. The van der Waals surface area contributed by atoms with Gasteiger partial charge in [0.25, 0.3) is 5.91 Å². The number of aromatic nitrogens is 4. The number of carbonyl (C=O) groups excluding carboxylic acids is 1. The molecule has 0 saturated heterocycles. The molecule has 0 bridgehead atoms. The van der Waals surface area contributed by atoms with Crippen molar-refractivity contribution in [2.45, 2.75) is 6.92 Å². The number of nitrogen functional groups attached to an aromatic ring is 1. The minimum absolute atomic E-state index is 0.231. The average molecular weight is 461 g/mol. The Labute approximate surface area is 192 Å². The van der Waals surface area contributed by atoms with Crippen LogP contribution in [0.5, 0.6) is 0 Å². The van der Waals surface area contributed by atoms with Crippen molar-refractivity contribution < 1.29 is 4.79 Å². The lowest BCUT2D eigenvalue weighted by atomic mass is 10.1. The molecule has 0 unspecified atom stereocenters. The first-order valence-corrected chi connectivity index (χ1v) is 11.0.